The van der Waals surface area contributed by atoms with Crippen molar-refractivity contribution in [1.29, 1.82) is 0 Å². The molecule has 114 valence electrons. The largest absolute Gasteiger partial charge is 0.310 e. The van der Waals surface area contributed by atoms with Crippen molar-refractivity contribution in [2.45, 2.75) is 58.9 Å². The van der Waals surface area contributed by atoms with Crippen molar-refractivity contribution < 1.29 is 0 Å². The van der Waals surface area contributed by atoms with Crippen molar-refractivity contribution in [2.75, 3.05) is 6.54 Å². The summed E-state index contributed by atoms with van der Waals surface area (Å²) in [6.07, 6.45) is 6.74. The average Bonchev–Trinajstić information content (AvgIpc) is 2.37. The highest BCUT2D eigenvalue weighted by atomic mass is 79.9. The van der Waals surface area contributed by atoms with Gasteiger partial charge in [0.2, 0.25) is 0 Å². The quantitative estimate of drug-likeness (QED) is 0.465. The molecule has 0 fully saturated rings. The lowest BCUT2D eigenvalue weighted by atomic mass is 10.0. The standard InChI is InChI=1S/C17H27Br2N/c1-13(2)8-6-4-5-7-11-20-14(3)16-10-9-15(18)12-17(16)19/h9-10,12-14,20H,4-8,11H2,1-3H3. The number of benzene rings is 1. The minimum atomic E-state index is 0.396. The first-order chi connectivity index (χ1) is 9.50. The number of nitrogens with one attached hydrogen (secondary N) is 1. The van der Waals surface area contributed by atoms with E-state index in [0.717, 1.165) is 16.9 Å². The second-order valence-corrected chi connectivity index (χ2v) is 7.71. The van der Waals surface area contributed by atoms with Crippen LogP contribution in [-0.4, -0.2) is 6.54 Å². The van der Waals surface area contributed by atoms with Crippen molar-refractivity contribution in [1.82, 2.24) is 5.32 Å². The number of unbranched alkanes of at least 4 members (excludes halogenated alkanes) is 3. The zero-order valence-electron chi connectivity index (χ0n) is 12.9. The summed E-state index contributed by atoms with van der Waals surface area (Å²) in [4.78, 5) is 0. The third kappa shape index (κ3) is 7.24. The second kappa shape index (κ2) is 9.97. The molecule has 0 saturated carbocycles. The maximum atomic E-state index is 3.63. The first-order valence-corrected chi connectivity index (χ1v) is 9.27. The molecule has 0 heterocycles. The SMILES string of the molecule is CC(C)CCCCCCNC(C)c1ccc(Br)cc1Br. The van der Waals surface area contributed by atoms with Gasteiger partial charge in [0.15, 0.2) is 0 Å². The van der Waals surface area contributed by atoms with E-state index in [-0.39, 0.29) is 0 Å². The lowest BCUT2D eigenvalue weighted by Gasteiger charge is -2.16. The predicted molar refractivity (Wildman–Crippen MR) is 96.2 cm³/mol. The normalized spacial score (nSPS) is 12.9. The number of halogens is 2. The van der Waals surface area contributed by atoms with Gasteiger partial charge < -0.3 is 5.32 Å². The summed E-state index contributed by atoms with van der Waals surface area (Å²) in [6.45, 7) is 7.94. The number of rotatable bonds is 9. The van der Waals surface area contributed by atoms with Gasteiger partial charge in [0.1, 0.15) is 0 Å². The van der Waals surface area contributed by atoms with E-state index in [2.05, 4.69) is 76.1 Å². The maximum Gasteiger partial charge on any atom is 0.0302 e. The van der Waals surface area contributed by atoms with Gasteiger partial charge in [-0.1, -0.05) is 77.5 Å². The second-order valence-electron chi connectivity index (χ2n) is 5.94. The van der Waals surface area contributed by atoms with E-state index in [4.69, 9.17) is 0 Å². The molecule has 1 atom stereocenters. The third-order valence-electron chi connectivity index (χ3n) is 3.59. The highest BCUT2D eigenvalue weighted by Gasteiger charge is 2.08. The predicted octanol–water partition coefficient (Wildman–Crippen LogP) is 6.47. The Labute approximate surface area is 141 Å². The third-order valence-corrected chi connectivity index (χ3v) is 4.77. The van der Waals surface area contributed by atoms with Gasteiger partial charge in [-0.15, -0.1) is 0 Å². The molecule has 0 aliphatic carbocycles. The molecule has 0 amide bonds. The molecular weight excluding hydrogens is 378 g/mol. The Morgan fingerprint density at radius 1 is 1.00 bits per heavy atom. The average molecular weight is 405 g/mol. The van der Waals surface area contributed by atoms with Crippen LogP contribution < -0.4 is 5.32 Å². The van der Waals surface area contributed by atoms with E-state index in [1.54, 1.807) is 0 Å². The maximum absolute atomic E-state index is 3.63. The molecule has 3 heteroatoms. The van der Waals surface area contributed by atoms with Gasteiger partial charge in [-0.05, 0) is 43.5 Å². The molecule has 20 heavy (non-hydrogen) atoms. The molecule has 0 aromatic heterocycles. The molecule has 1 unspecified atom stereocenters. The zero-order chi connectivity index (χ0) is 15.0. The molecule has 0 radical (unpaired) electrons. The van der Waals surface area contributed by atoms with Gasteiger partial charge in [0, 0.05) is 15.0 Å². The van der Waals surface area contributed by atoms with Crippen LogP contribution in [0.3, 0.4) is 0 Å². The van der Waals surface area contributed by atoms with E-state index >= 15 is 0 Å². The van der Waals surface area contributed by atoms with Gasteiger partial charge in [-0.25, -0.2) is 0 Å². The first kappa shape index (κ1) is 18.2. The summed E-state index contributed by atoms with van der Waals surface area (Å²) in [5.74, 6) is 0.850. The summed E-state index contributed by atoms with van der Waals surface area (Å²) >= 11 is 7.13. The Balaban J connectivity index is 2.18. The van der Waals surface area contributed by atoms with Crippen LogP contribution in [0.1, 0.15) is 64.5 Å². The van der Waals surface area contributed by atoms with E-state index in [0.29, 0.717) is 6.04 Å². The van der Waals surface area contributed by atoms with Gasteiger partial charge >= 0.3 is 0 Å². The lowest BCUT2D eigenvalue weighted by molar-refractivity contribution is 0.498. The molecule has 0 aliphatic rings. The fourth-order valence-electron chi connectivity index (χ4n) is 2.31. The van der Waals surface area contributed by atoms with Gasteiger partial charge in [-0.2, -0.15) is 0 Å². The summed E-state index contributed by atoms with van der Waals surface area (Å²) in [6, 6.07) is 6.78. The van der Waals surface area contributed by atoms with Crippen LogP contribution in [0.2, 0.25) is 0 Å². The highest BCUT2D eigenvalue weighted by Crippen LogP contribution is 2.26. The molecule has 1 nitrogen and oxygen atoms in total. The van der Waals surface area contributed by atoms with Crippen molar-refractivity contribution in [3.63, 3.8) is 0 Å². The molecule has 0 aliphatic heterocycles. The molecular formula is C17H27Br2N. The Hall–Kier alpha value is 0.140. The van der Waals surface area contributed by atoms with E-state index < -0.39 is 0 Å². The molecule has 0 saturated heterocycles. The zero-order valence-corrected chi connectivity index (χ0v) is 16.1. The summed E-state index contributed by atoms with van der Waals surface area (Å²) in [7, 11) is 0. The fourth-order valence-corrected chi connectivity index (χ4v) is 3.70. The molecule has 1 aromatic carbocycles. The highest BCUT2D eigenvalue weighted by molar-refractivity contribution is 9.11. The topological polar surface area (TPSA) is 12.0 Å². The van der Waals surface area contributed by atoms with Crippen LogP contribution in [0.5, 0.6) is 0 Å². The Kier molecular flexibility index (Phi) is 9.06. The Morgan fingerprint density at radius 3 is 2.35 bits per heavy atom. The summed E-state index contributed by atoms with van der Waals surface area (Å²) in [5.41, 5.74) is 1.33. The van der Waals surface area contributed by atoms with Crippen LogP contribution >= 0.6 is 31.9 Å². The van der Waals surface area contributed by atoms with Crippen molar-refractivity contribution in [3.05, 3.63) is 32.7 Å². The van der Waals surface area contributed by atoms with Crippen LogP contribution in [0, 0.1) is 5.92 Å². The number of hydrogen-bond acceptors (Lipinski definition) is 1. The van der Waals surface area contributed by atoms with Crippen molar-refractivity contribution in [3.8, 4) is 0 Å². The minimum absolute atomic E-state index is 0.396. The summed E-state index contributed by atoms with van der Waals surface area (Å²) < 4.78 is 2.29. The molecule has 0 spiro atoms. The monoisotopic (exact) mass is 403 g/mol. The molecule has 1 N–H and O–H groups in total. The Bertz CT molecular complexity index is 391. The van der Waals surface area contributed by atoms with Gasteiger partial charge in [0.05, 0.1) is 0 Å². The van der Waals surface area contributed by atoms with Crippen molar-refractivity contribution >= 4 is 31.9 Å². The van der Waals surface area contributed by atoms with Crippen molar-refractivity contribution in [2.24, 2.45) is 5.92 Å². The van der Waals surface area contributed by atoms with Crippen LogP contribution in [0.25, 0.3) is 0 Å². The van der Waals surface area contributed by atoms with Gasteiger partial charge in [0.25, 0.3) is 0 Å². The lowest BCUT2D eigenvalue weighted by Crippen LogP contribution is -2.20. The fraction of sp³-hybridized carbons (Fsp3) is 0.647. The molecule has 0 bridgehead atoms. The van der Waals surface area contributed by atoms with Crippen LogP contribution in [0.4, 0.5) is 0 Å². The van der Waals surface area contributed by atoms with Crippen LogP contribution in [-0.2, 0) is 0 Å². The molecule has 1 aromatic rings. The first-order valence-electron chi connectivity index (χ1n) is 7.69. The van der Waals surface area contributed by atoms with E-state index in [9.17, 15) is 0 Å². The van der Waals surface area contributed by atoms with Crippen LogP contribution in [0.15, 0.2) is 27.1 Å². The van der Waals surface area contributed by atoms with E-state index in [1.807, 2.05) is 0 Å². The molecule has 1 rings (SSSR count). The smallest absolute Gasteiger partial charge is 0.0302 e. The van der Waals surface area contributed by atoms with Gasteiger partial charge in [-0.3, -0.25) is 0 Å². The van der Waals surface area contributed by atoms with E-state index in [1.165, 1.54) is 42.1 Å². The number of hydrogen-bond donors (Lipinski definition) is 1. The summed E-state index contributed by atoms with van der Waals surface area (Å²) in [5, 5.41) is 3.61. The Morgan fingerprint density at radius 2 is 1.70 bits per heavy atom. The minimum Gasteiger partial charge on any atom is -0.310 e.